The summed E-state index contributed by atoms with van der Waals surface area (Å²) < 4.78 is 68.8. The number of ether oxygens (including phenoxy) is 4. The summed E-state index contributed by atoms with van der Waals surface area (Å²) in [7, 11) is -9.92. The zero-order valence-corrected chi connectivity index (χ0v) is 69.4. The van der Waals surface area contributed by atoms with Crippen molar-refractivity contribution < 1.29 is 80.2 Å². The van der Waals surface area contributed by atoms with E-state index in [0.29, 0.717) is 25.7 Å². The summed E-state index contributed by atoms with van der Waals surface area (Å²) in [6.07, 6.45) is 66.7. The molecule has 612 valence electrons. The molecule has 103 heavy (non-hydrogen) atoms. The Morgan fingerprint density at radius 2 is 0.447 bits per heavy atom. The highest BCUT2D eigenvalue weighted by Crippen LogP contribution is 2.45. The summed E-state index contributed by atoms with van der Waals surface area (Å²) >= 11 is 0. The Balaban J connectivity index is 5.22. The largest absolute Gasteiger partial charge is 0.472 e. The van der Waals surface area contributed by atoms with Crippen LogP contribution in [0.25, 0.3) is 0 Å². The third kappa shape index (κ3) is 78.0. The van der Waals surface area contributed by atoms with Gasteiger partial charge in [-0.3, -0.25) is 37.3 Å². The number of hydrogen-bond donors (Lipinski definition) is 3. The van der Waals surface area contributed by atoms with E-state index in [-0.39, 0.29) is 25.7 Å². The highest BCUT2D eigenvalue weighted by molar-refractivity contribution is 7.47. The molecule has 0 aliphatic rings. The summed E-state index contributed by atoms with van der Waals surface area (Å²) in [6, 6.07) is 0. The molecule has 2 unspecified atom stereocenters. The zero-order chi connectivity index (χ0) is 75.6. The lowest BCUT2D eigenvalue weighted by atomic mass is 10.0. The Bertz CT molecular complexity index is 1980. The lowest BCUT2D eigenvalue weighted by Crippen LogP contribution is -2.30. The second-order valence-corrected chi connectivity index (χ2v) is 34.1. The van der Waals surface area contributed by atoms with Gasteiger partial charge in [-0.25, -0.2) is 9.13 Å². The maximum Gasteiger partial charge on any atom is 0.472 e. The maximum absolute atomic E-state index is 13.1. The van der Waals surface area contributed by atoms with E-state index < -0.39 is 97.5 Å². The molecule has 0 aromatic heterocycles. The molecule has 0 radical (unpaired) electrons. The molecular weight excluding hydrogens is 1340 g/mol. The average Bonchev–Trinajstić information content (AvgIpc) is 0.922. The van der Waals surface area contributed by atoms with Crippen LogP contribution in [0.5, 0.6) is 0 Å². The van der Waals surface area contributed by atoms with Crippen LogP contribution >= 0.6 is 15.6 Å². The van der Waals surface area contributed by atoms with E-state index in [1.807, 2.05) is 0 Å². The van der Waals surface area contributed by atoms with Crippen LogP contribution in [0.3, 0.4) is 0 Å². The van der Waals surface area contributed by atoms with E-state index in [9.17, 15) is 43.2 Å². The lowest BCUT2D eigenvalue weighted by molar-refractivity contribution is -0.161. The number of aliphatic hydroxyl groups is 1. The normalized spacial score (nSPS) is 13.9. The fourth-order valence-corrected chi connectivity index (χ4v) is 14.6. The number of phosphoric ester groups is 2. The van der Waals surface area contributed by atoms with E-state index in [4.69, 9.17) is 37.0 Å². The molecule has 0 aromatic rings. The maximum atomic E-state index is 13.1. The fraction of sp³-hybridized carbons (Fsp3) is 0.952. The van der Waals surface area contributed by atoms with Gasteiger partial charge in [0.2, 0.25) is 0 Å². The van der Waals surface area contributed by atoms with Gasteiger partial charge in [0.25, 0.3) is 0 Å². The van der Waals surface area contributed by atoms with E-state index in [0.717, 1.165) is 102 Å². The van der Waals surface area contributed by atoms with Crippen LogP contribution in [0.2, 0.25) is 0 Å². The molecule has 0 amide bonds. The molecular formula is C84H164O17P2. The smallest absolute Gasteiger partial charge is 0.462 e. The monoisotopic (exact) mass is 1510 g/mol. The summed E-state index contributed by atoms with van der Waals surface area (Å²) in [5.74, 6) is -0.549. The van der Waals surface area contributed by atoms with Crippen molar-refractivity contribution >= 4 is 39.5 Å². The molecule has 0 fully saturated rings. The summed E-state index contributed by atoms with van der Waals surface area (Å²) in [5, 5.41) is 10.7. The van der Waals surface area contributed by atoms with Crippen LogP contribution in [0.1, 0.15) is 446 Å². The minimum Gasteiger partial charge on any atom is -0.462 e. The van der Waals surface area contributed by atoms with Gasteiger partial charge < -0.3 is 33.8 Å². The third-order valence-corrected chi connectivity index (χ3v) is 21.6. The van der Waals surface area contributed by atoms with E-state index in [2.05, 4.69) is 41.5 Å². The Hall–Kier alpha value is -1.94. The molecule has 17 nitrogen and oxygen atoms in total. The van der Waals surface area contributed by atoms with Crippen molar-refractivity contribution in [2.24, 2.45) is 11.8 Å². The van der Waals surface area contributed by atoms with Gasteiger partial charge in [0.1, 0.15) is 19.3 Å². The van der Waals surface area contributed by atoms with Crippen molar-refractivity contribution in [2.45, 2.75) is 464 Å². The van der Waals surface area contributed by atoms with Crippen molar-refractivity contribution in [3.8, 4) is 0 Å². The predicted molar refractivity (Wildman–Crippen MR) is 423 cm³/mol. The number of carbonyl (C=O) groups is 4. The number of esters is 4. The molecule has 19 heteroatoms. The minimum atomic E-state index is -4.96. The van der Waals surface area contributed by atoms with Gasteiger partial charge in [-0.1, -0.05) is 395 Å². The first-order chi connectivity index (χ1) is 49.9. The third-order valence-electron chi connectivity index (χ3n) is 19.7. The van der Waals surface area contributed by atoms with Crippen molar-refractivity contribution in [1.29, 1.82) is 0 Å². The molecule has 0 aliphatic carbocycles. The van der Waals surface area contributed by atoms with Crippen LogP contribution in [0.4, 0.5) is 0 Å². The molecule has 3 N–H and O–H groups in total. The van der Waals surface area contributed by atoms with E-state index in [1.165, 1.54) is 263 Å². The number of hydrogen-bond acceptors (Lipinski definition) is 15. The second kappa shape index (κ2) is 75.5. The van der Waals surface area contributed by atoms with Gasteiger partial charge in [0, 0.05) is 25.7 Å². The Morgan fingerprint density at radius 3 is 0.660 bits per heavy atom. The van der Waals surface area contributed by atoms with Gasteiger partial charge in [-0.15, -0.1) is 0 Å². The van der Waals surface area contributed by atoms with Crippen molar-refractivity contribution in [3.63, 3.8) is 0 Å². The lowest BCUT2D eigenvalue weighted by Gasteiger charge is -2.21. The first kappa shape index (κ1) is 101. The molecule has 0 rings (SSSR count). The van der Waals surface area contributed by atoms with Crippen molar-refractivity contribution in [3.05, 3.63) is 0 Å². The van der Waals surface area contributed by atoms with E-state index in [1.54, 1.807) is 0 Å². The first-order valence-corrected chi connectivity index (χ1v) is 46.5. The van der Waals surface area contributed by atoms with Gasteiger partial charge in [0.05, 0.1) is 26.4 Å². The highest BCUT2D eigenvalue weighted by atomic mass is 31.2. The molecule has 0 bridgehead atoms. The molecule has 0 aliphatic heterocycles. The molecule has 0 saturated heterocycles. The molecule has 0 heterocycles. The van der Waals surface area contributed by atoms with Crippen LogP contribution in [-0.4, -0.2) is 96.7 Å². The molecule has 0 spiro atoms. The Kier molecular flexibility index (Phi) is 74.1. The molecule has 0 saturated carbocycles. The van der Waals surface area contributed by atoms with Crippen molar-refractivity contribution in [2.75, 3.05) is 39.6 Å². The summed E-state index contributed by atoms with van der Waals surface area (Å²) in [6.45, 7) is 9.66. The number of aliphatic hydroxyl groups excluding tert-OH is 1. The molecule has 5 atom stereocenters. The van der Waals surface area contributed by atoms with Gasteiger partial charge in [0.15, 0.2) is 12.2 Å². The highest BCUT2D eigenvalue weighted by Gasteiger charge is 2.30. The van der Waals surface area contributed by atoms with Gasteiger partial charge >= 0.3 is 39.5 Å². The summed E-state index contributed by atoms with van der Waals surface area (Å²) in [4.78, 5) is 73.1. The number of phosphoric acid groups is 2. The fourth-order valence-electron chi connectivity index (χ4n) is 13.1. The number of unbranched alkanes of at least 4 members (excludes halogenated alkanes) is 53. The van der Waals surface area contributed by atoms with Crippen molar-refractivity contribution in [1.82, 2.24) is 0 Å². The average molecular weight is 1510 g/mol. The second-order valence-electron chi connectivity index (χ2n) is 31.2. The quantitative estimate of drug-likeness (QED) is 0.0222. The van der Waals surface area contributed by atoms with Crippen LogP contribution < -0.4 is 0 Å². The van der Waals surface area contributed by atoms with Crippen LogP contribution in [0, 0.1) is 11.8 Å². The van der Waals surface area contributed by atoms with Crippen LogP contribution in [0.15, 0.2) is 0 Å². The number of rotatable bonds is 83. The number of carbonyl (C=O) groups excluding carboxylic acids is 4. The molecule has 0 aromatic carbocycles. The predicted octanol–water partition coefficient (Wildman–Crippen LogP) is 25.5. The standard InChI is InChI=1S/C84H164O17P2/c1-7-9-11-13-15-17-19-20-21-22-23-27-30-33-37-43-49-55-61-67-82(87)95-72-79(100-83(88)68-62-56-50-44-38-34-31-28-25-24-26-29-32-36-40-46-52-58-64-76(3)4)74-98-102(90,91)96-70-78(85)71-97-103(92,93)99-75-80(73-94-81(86)66-60-54-48-42-35-18-16-14-12-10-8-2)101-84(89)69-63-57-51-45-39-41-47-53-59-65-77(5)6/h76-80,85H,7-75H2,1-6H3,(H,90,91)(H,92,93)/t78-,79-,80-/m1/s1. The summed E-state index contributed by atoms with van der Waals surface area (Å²) in [5.41, 5.74) is 0. The van der Waals surface area contributed by atoms with Crippen LogP contribution in [-0.2, 0) is 65.4 Å². The van der Waals surface area contributed by atoms with E-state index >= 15 is 0 Å². The SMILES string of the molecule is CCCCCCCCCCCCCCCCCCCCCC(=O)OC[C@H](COP(=O)(O)OC[C@@H](O)COP(=O)(O)OC[C@@H](COC(=O)CCCCCCCCCCCCC)OC(=O)CCCCCCCCCCCC(C)C)OC(=O)CCCCCCCCCCCCCCCCCCCCC(C)C. The Labute approximate surface area is 632 Å². The Morgan fingerprint density at radius 1 is 0.262 bits per heavy atom. The van der Waals surface area contributed by atoms with Gasteiger partial charge in [-0.2, -0.15) is 0 Å². The first-order valence-electron chi connectivity index (χ1n) is 43.5. The topological polar surface area (TPSA) is 237 Å². The van der Waals surface area contributed by atoms with Gasteiger partial charge in [-0.05, 0) is 37.5 Å². The minimum absolute atomic E-state index is 0.106. The zero-order valence-electron chi connectivity index (χ0n) is 67.6.